The van der Waals surface area contributed by atoms with Gasteiger partial charge in [0.05, 0.1) is 5.56 Å². The quantitative estimate of drug-likeness (QED) is 0.864. The van der Waals surface area contributed by atoms with Crippen molar-refractivity contribution in [1.29, 1.82) is 0 Å². The maximum Gasteiger partial charge on any atom is 0.337 e. The van der Waals surface area contributed by atoms with Gasteiger partial charge in [-0.25, -0.2) is 4.79 Å². The summed E-state index contributed by atoms with van der Waals surface area (Å²) >= 11 is 0. The molecule has 0 bridgehead atoms. The van der Waals surface area contributed by atoms with Gasteiger partial charge in [-0.1, -0.05) is 44.2 Å². The predicted molar refractivity (Wildman–Crippen MR) is 80.2 cm³/mol. The van der Waals surface area contributed by atoms with E-state index in [1.165, 1.54) is 5.56 Å². The summed E-state index contributed by atoms with van der Waals surface area (Å²) in [7, 11) is 0. The average molecular weight is 271 g/mol. The summed E-state index contributed by atoms with van der Waals surface area (Å²) in [5, 5.41) is 9.22. The number of aromatic nitrogens is 1. The molecule has 0 aliphatic heterocycles. The van der Waals surface area contributed by atoms with E-state index in [2.05, 4.69) is 16.7 Å². The molecule has 2 rings (SSSR count). The van der Waals surface area contributed by atoms with Gasteiger partial charge in [0.2, 0.25) is 0 Å². The minimum atomic E-state index is -0.837. The van der Waals surface area contributed by atoms with Crippen LogP contribution < -0.4 is 0 Å². The normalized spacial score (nSPS) is 10.9. The molecule has 3 heteroatoms. The second kappa shape index (κ2) is 6.42. The second-order valence-electron chi connectivity index (χ2n) is 5.36. The van der Waals surface area contributed by atoms with Crippen LogP contribution in [0.5, 0.6) is 0 Å². The van der Waals surface area contributed by atoms with Crippen LogP contribution in [0.4, 0.5) is 0 Å². The standard InChI is InChI=1S/C17H21NO2/c1-13(2)16-15(17(19)20)10-12-18(16)11-6-9-14-7-4-3-5-8-14/h3-5,7-8,10,12-13H,6,9,11H2,1-2H3,(H,19,20). The van der Waals surface area contributed by atoms with Gasteiger partial charge in [0.1, 0.15) is 0 Å². The monoisotopic (exact) mass is 271 g/mol. The van der Waals surface area contributed by atoms with Gasteiger partial charge in [0.25, 0.3) is 0 Å². The third kappa shape index (κ3) is 3.29. The number of aryl methyl sites for hydroxylation is 2. The highest BCUT2D eigenvalue weighted by atomic mass is 16.4. The zero-order valence-electron chi connectivity index (χ0n) is 12.0. The first-order chi connectivity index (χ1) is 9.59. The smallest absolute Gasteiger partial charge is 0.337 e. The summed E-state index contributed by atoms with van der Waals surface area (Å²) in [6, 6.07) is 12.1. The van der Waals surface area contributed by atoms with Crippen LogP contribution in [0.2, 0.25) is 0 Å². The Labute approximate surface area is 119 Å². The zero-order chi connectivity index (χ0) is 14.5. The van der Waals surface area contributed by atoms with Gasteiger partial charge in [-0.15, -0.1) is 0 Å². The Morgan fingerprint density at radius 3 is 2.50 bits per heavy atom. The Kier molecular flexibility index (Phi) is 4.61. The van der Waals surface area contributed by atoms with Gasteiger partial charge in [-0.2, -0.15) is 0 Å². The molecule has 1 aromatic heterocycles. The van der Waals surface area contributed by atoms with E-state index in [0.29, 0.717) is 5.56 Å². The molecule has 0 spiro atoms. The van der Waals surface area contributed by atoms with Gasteiger partial charge in [0.15, 0.2) is 0 Å². The van der Waals surface area contributed by atoms with Crippen LogP contribution in [0.3, 0.4) is 0 Å². The molecule has 0 amide bonds. The Balaban J connectivity index is 2.04. The molecule has 0 atom stereocenters. The number of benzene rings is 1. The highest BCUT2D eigenvalue weighted by molar-refractivity contribution is 5.89. The number of rotatable bonds is 6. The Morgan fingerprint density at radius 1 is 1.20 bits per heavy atom. The molecule has 0 saturated heterocycles. The van der Waals surface area contributed by atoms with Crippen LogP contribution in [0.1, 0.15) is 47.8 Å². The summed E-state index contributed by atoms with van der Waals surface area (Å²) < 4.78 is 2.08. The number of carboxylic acid groups (broad SMARTS) is 1. The minimum absolute atomic E-state index is 0.216. The summed E-state index contributed by atoms with van der Waals surface area (Å²) in [5.74, 6) is -0.622. The molecule has 106 valence electrons. The van der Waals surface area contributed by atoms with Crippen LogP contribution in [0.15, 0.2) is 42.6 Å². The van der Waals surface area contributed by atoms with Crippen molar-refractivity contribution in [1.82, 2.24) is 4.57 Å². The SMILES string of the molecule is CC(C)c1c(C(=O)O)ccn1CCCc1ccccc1. The molecule has 0 unspecified atom stereocenters. The van der Waals surface area contributed by atoms with Crippen LogP contribution in [0.25, 0.3) is 0 Å². The molecular weight excluding hydrogens is 250 g/mol. The molecule has 0 aliphatic rings. The third-order valence-corrected chi connectivity index (χ3v) is 3.49. The molecule has 2 aromatic rings. The van der Waals surface area contributed by atoms with E-state index in [4.69, 9.17) is 0 Å². The molecule has 20 heavy (non-hydrogen) atoms. The molecule has 0 fully saturated rings. The number of carboxylic acids is 1. The predicted octanol–water partition coefficient (Wildman–Crippen LogP) is 3.94. The Hall–Kier alpha value is -2.03. The lowest BCUT2D eigenvalue weighted by Gasteiger charge is -2.13. The Bertz CT molecular complexity index is 570. The van der Waals surface area contributed by atoms with Crippen molar-refractivity contribution in [3.8, 4) is 0 Å². The Morgan fingerprint density at radius 2 is 1.90 bits per heavy atom. The first-order valence-electron chi connectivity index (χ1n) is 7.06. The highest BCUT2D eigenvalue weighted by Gasteiger charge is 2.17. The van der Waals surface area contributed by atoms with E-state index >= 15 is 0 Å². The van der Waals surface area contributed by atoms with Gasteiger partial charge in [-0.3, -0.25) is 0 Å². The fraction of sp³-hybridized carbons (Fsp3) is 0.353. The van der Waals surface area contributed by atoms with Crippen LogP contribution in [-0.2, 0) is 13.0 Å². The van der Waals surface area contributed by atoms with Crippen molar-refractivity contribution in [3.63, 3.8) is 0 Å². The van der Waals surface area contributed by atoms with Crippen molar-refractivity contribution in [3.05, 3.63) is 59.4 Å². The lowest BCUT2D eigenvalue weighted by Crippen LogP contribution is -2.09. The second-order valence-corrected chi connectivity index (χ2v) is 5.36. The molecule has 3 nitrogen and oxygen atoms in total. The number of aromatic carboxylic acids is 1. The summed E-state index contributed by atoms with van der Waals surface area (Å²) in [5.41, 5.74) is 2.68. The fourth-order valence-corrected chi connectivity index (χ4v) is 2.60. The number of carbonyl (C=O) groups is 1. The lowest BCUT2D eigenvalue weighted by atomic mass is 10.1. The van der Waals surface area contributed by atoms with Gasteiger partial charge >= 0.3 is 5.97 Å². The van der Waals surface area contributed by atoms with Crippen molar-refractivity contribution in [2.24, 2.45) is 0 Å². The summed E-state index contributed by atoms with van der Waals surface area (Å²) in [6.07, 6.45) is 3.92. The highest BCUT2D eigenvalue weighted by Crippen LogP contribution is 2.21. The summed E-state index contributed by atoms with van der Waals surface area (Å²) in [4.78, 5) is 11.2. The fourth-order valence-electron chi connectivity index (χ4n) is 2.60. The minimum Gasteiger partial charge on any atom is -0.478 e. The van der Waals surface area contributed by atoms with Crippen LogP contribution in [-0.4, -0.2) is 15.6 Å². The molecule has 1 N–H and O–H groups in total. The van der Waals surface area contributed by atoms with E-state index < -0.39 is 5.97 Å². The maximum atomic E-state index is 11.2. The van der Waals surface area contributed by atoms with E-state index in [9.17, 15) is 9.90 Å². The van der Waals surface area contributed by atoms with E-state index in [-0.39, 0.29) is 5.92 Å². The number of hydrogen-bond donors (Lipinski definition) is 1. The number of nitrogens with zero attached hydrogens (tertiary/aromatic N) is 1. The van der Waals surface area contributed by atoms with E-state index in [1.807, 2.05) is 38.2 Å². The van der Waals surface area contributed by atoms with Crippen molar-refractivity contribution in [2.45, 2.75) is 39.2 Å². The largest absolute Gasteiger partial charge is 0.478 e. The first kappa shape index (κ1) is 14.4. The molecule has 0 saturated carbocycles. The van der Waals surface area contributed by atoms with Crippen molar-refractivity contribution >= 4 is 5.97 Å². The van der Waals surface area contributed by atoms with Gasteiger partial charge in [0, 0.05) is 18.4 Å². The zero-order valence-corrected chi connectivity index (χ0v) is 12.0. The molecule has 1 aromatic carbocycles. The van der Waals surface area contributed by atoms with Gasteiger partial charge in [-0.05, 0) is 30.4 Å². The van der Waals surface area contributed by atoms with Crippen LogP contribution in [0, 0.1) is 0 Å². The molecule has 0 radical (unpaired) electrons. The summed E-state index contributed by atoms with van der Waals surface area (Å²) in [6.45, 7) is 4.93. The van der Waals surface area contributed by atoms with Crippen molar-refractivity contribution < 1.29 is 9.90 Å². The third-order valence-electron chi connectivity index (χ3n) is 3.49. The van der Waals surface area contributed by atoms with Crippen molar-refractivity contribution in [2.75, 3.05) is 0 Å². The van der Waals surface area contributed by atoms with Crippen LogP contribution >= 0.6 is 0 Å². The molecule has 1 heterocycles. The average Bonchev–Trinajstić information content (AvgIpc) is 2.84. The number of hydrogen-bond acceptors (Lipinski definition) is 1. The topological polar surface area (TPSA) is 42.2 Å². The van der Waals surface area contributed by atoms with E-state index in [0.717, 1.165) is 25.1 Å². The first-order valence-corrected chi connectivity index (χ1v) is 7.06. The molecular formula is C17H21NO2. The molecule has 0 aliphatic carbocycles. The van der Waals surface area contributed by atoms with Gasteiger partial charge < -0.3 is 9.67 Å². The maximum absolute atomic E-state index is 11.2. The van der Waals surface area contributed by atoms with E-state index in [1.54, 1.807) is 6.07 Å². The lowest BCUT2D eigenvalue weighted by molar-refractivity contribution is 0.0695.